The zero-order chi connectivity index (χ0) is 17.4. The van der Waals surface area contributed by atoms with E-state index in [-0.39, 0.29) is 17.9 Å². The summed E-state index contributed by atoms with van der Waals surface area (Å²) < 4.78 is 5.26. The molecule has 6 nitrogen and oxygen atoms in total. The molecule has 1 aliphatic heterocycles. The molecule has 0 unspecified atom stereocenters. The molecule has 1 aliphatic rings. The van der Waals surface area contributed by atoms with E-state index in [0.29, 0.717) is 17.3 Å². The Morgan fingerprint density at radius 1 is 1.33 bits per heavy atom. The topological polar surface area (TPSA) is 62.5 Å². The monoisotopic (exact) mass is 330 g/mol. The molecule has 2 aromatic rings. The van der Waals surface area contributed by atoms with Crippen molar-refractivity contribution in [3.63, 3.8) is 0 Å². The van der Waals surface area contributed by atoms with Crippen molar-refractivity contribution < 1.29 is 9.32 Å². The minimum absolute atomic E-state index is 0.0374. The number of hydrogen-bond donors (Lipinski definition) is 0. The Morgan fingerprint density at radius 2 is 2.08 bits per heavy atom. The molecule has 2 atom stereocenters. The zero-order valence-corrected chi connectivity index (χ0v) is 15.1. The lowest BCUT2D eigenvalue weighted by molar-refractivity contribution is 0.0335. The third kappa shape index (κ3) is 2.90. The molecule has 0 bridgehead atoms. The second-order valence-corrected chi connectivity index (χ2v) is 7.04. The van der Waals surface area contributed by atoms with Gasteiger partial charge in [0.1, 0.15) is 0 Å². The lowest BCUT2D eigenvalue weighted by Crippen LogP contribution is -2.57. The first-order chi connectivity index (χ1) is 11.4. The number of piperazine rings is 1. The Bertz CT molecular complexity index is 740. The number of fused-ring (bicyclic) bond motifs is 1. The second kappa shape index (κ2) is 6.51. The summed E-state index contributed by atoms with van der Waals surface area (Å²) in [5.74, 6) is 0.265. The molecule has 0 radical (unpaired) electrons. The fourth-order valence-electron chi connectivity index (χ4n) is 3.47. The van der Waals surface area contributed by atoms with E-state index in [9.17, 15) is 4.79 Å². The minimum Gasteiger partial charge on any atom is -0.336 e. The molecule has 2 aromatic heterocycles. The van der Waals surface area contributed by atoms with Gasteiger partial charge in [-0.1, -0.05) is 25.9 Å². The van der Waals surface area contributed by atoms with Crippen LogP contribution in [0.4, 0.5) is 0 Å². The number of pyridine rings is 1. The van der Waals surface area contributed by atoms with Gasteiger partial charge in [-0.3, -0.25) is 9.69 Å². The third-order valence-electron chi connectivity index (χ3n) is 4.93. The van der Waals surface area contributed by atoms with Gasteiger partial charge >= 0.3 is 0 Å². The quantitative estimate of drug-likeness (QED) is 0.866. The van der Waals surface area contributed by atoms with Crippen molar-refractivity contribution in [2.24, 2.45) is 0 Å². The van der Waals surface area contributed by atoms with Crippen LogP contribution >= 0.6 is 0 Å². The molecular weight excluding hydrogens is 304 g/mol. The number of hydrogen-bond acceptors (Lipinski definition) is 5. The summed E-state index contributed by atoms with van der Waals surface area (Å²) in [4.78, 5) is 21.7. The van der Waals surface area contributed by atoms with E-state index >= 15 is 0 Å². The molecule has 3 rings (SSSR count). The predicted molar refractivity (Wildman–Crippen MR) is 93.1 cm³/mol. The van der Waals surface area contributed by atoms with Gasteiger partial charge in [0.25, 0.3) is 11.6 Å². The average molecular weight is 330 g/mol. The summed E-state index contributed by atoms with van der Waals surface area (Å²) in [6.45, 7) is 13.2. The lowest BCUT2D eigenvalue weighted by Gasteiger charge is -2.43. The summed E-state index contributed by atoms with van der Waals surface area (Å²) >= 11 is 0. The van der Waals surface area contributed by atoms with Gasteiger partial charge in [-0.05, 0) is 32.4 Å². The highest BCUT2D eigenvalue weighted by Gasteiger charge is 2.32. The van der Waals surface area contributed by atoms with Crippen molar-refractivity contribution in [1.82, 2.24) is 19.9 Å². The van der Waals surface area contributed by atoms with Crippen LogP contribution in [-0.2, 0) is 0 Å². The number of nitrogens with zero attached hydrogens (tertiary/aromatic N) is 4. The fourth-order valence-corrected chi connectivity index (χ4v) is 3.47. The standard InChI is InChI=1S/C18H26N4O2/c1-6-21-9-13(5)22(10-12(21)4)18(23)14-7-15-16(11(2)3)20-24-17(15)19-8-14/h7-8,11-13H,6,9-10H2,1-5H3/t12-,13+/m1/s1. The predicted octanol–water partition coefficient (Wildman–Crippen LogP) is 2.90. The maximum Gasteiger partial charge on any atom is 0.257 e. The maximum absolute atomic E-state index is 13.0. The van der Waals surface area contributed by atoms with E-state index in [1.165, 1.54) is 0 Å². The molecule has 0 aliphatic carbocycles. The maximum atomic E-state index is 13.0. The second-order valence-electron chi connectivity index (χ2n) is 7.04. The van der Waals surface area contributed by atoms with Gasteiger partial charge in [0.2, 0.25) is 0 Å². The summed E-state index contributed by atoms with van der Waals surface area (Å²) in [7, 11) is 0. The van der Waals surface area contributed by atoms with Crippen LogP contribution in [0.2, 0.25) is 0 Å². The lowest BCUT2D eigenvalue weighted by atomic mass is 10.0. The van der Waals surface area contributed by atoms with E-state index < -0.39 is 0 Å². The first-order valence-electron chi connectivity index (χ1n) is 8.72. The molecule has 24 heavy (non-hydrogen) atoms. The van der Waals surface area contributed by atoms with Crippen LogP contribution in [0.25, 0.3) is 11.1 Å². The molecule has 6 heteroatoms. The molecule has 0 saturated carbocycles. The van der Waals surface area contributed by atoms with E-state index in [1.54, 1.807) is 6.20 Å². The molecule has 0 spiro atoms. The Morgan fingerprint density at radius 3 is 2.75 bits per heavy atom. The van der Waals surface area contributed by atoms with E-state index in [0.717, 1.165) is 30.7 Å². The van der Waals surface area contributed by atoms with Crippen molar-refractivity contribution in [3.05, 3.63) is 23.5 Å². The van der Waals surface area contributed by atoms with Gasteiger partial charge in [0.05, 0.1) is 16.6 Å². The van der Waals surface area contributed by atoms with Crippen LogP contribution in [0.3, 0.4) is 0 Å². The zero-order valence-electron chi connectivity index (χ0n) is 15.1. The van der Waals surface area contributed by atoms with Crippen molar-refractivity contribution in [3.8, 4) is 0 Å². The fraction of sp³-hybridized carbons (Fsp3) is 0.611. The van der Waals surface area contributed by atoms with Crippen molar-refractivity contribution in [2.75, 3.05) is 19.6 Å². The van der Waals surface area contributed by atoms with E-state index in [4.69, 9.17) is 4.52 Å². The average Bonchev–Trinajstić information content (AvgIpc) is 2.99. The van der Waals surface area contributed by atoms with Crippen LogP contribution in [0.5, 0.6) is 0 Å². The van der Waals surface area contributed by atoms with Gasteiger partial charge in [-0.2, -0.15) is 0 Å². The number of rotatable bonds is 3. The normalized spacial score (nSPS) is 22.5. The Kier molecular flexibility index (Phi) is 4.58. The summed E-state index contributed by atoms with van der Waals surface area (Å²) in [5, 5.41) is 4.92. The van der Waals surface area contributed by atoms with E-state index in [1.807, 2.05) is 11.0 Å². The highest BCUT2D eigenvalue weighted by molar-refractivity contribution is 5.97. The van der Waals surface area contributed by atoms with Crippen LogP contribution in [-0.4, -0.2) is 57.6 Å². The Hall–Kier alpha value is -1.95. The van der Waals surface area contributed by atoms with Gasteiger partial charge in [-0.25, -0.2) is 4.98 Å². The van der Waals surface area contributed by atoms with Crippen LogP contribution in [0, 0.1) is 0 Å². The van der Waals surface area contributed by atoms with Gasteiger partial charge in [0.15, 0.2) is 0 Å². The molecule has 1 fully saturated rings. The van der Waals surface area contributed by atoms with Gasteiger partial charge in [0, 0.05) is 31.4 Å². The molecule has 1 saturated heterocycles. The summed E-state index contributed by atoms with van der Waals surface area (Å²) in [6.07, 6.45) is 1.60. The van der Waals surface area contributed by atoms with Gasteiger partial charge in [-0.15, -0.1) is 0 Å². The van der Waals surface area contributed by atoms with Crippen molar-refractivity contribution >= 4 is 17.0 Å². The minimum atomic E-state index is 0.0374. The molecule has 130 valence electrons. The summed E-state index contributed by atoms with van der Waals surface area (Å²) in [5.41, 5.74) is 1.95. The molecule has 0 N–H and O–H groups in total. The highest BCUT2D eigenvalue weighted by Crippen LogP contribution is 2.25. The number of amides is 1. The Balaban J connectivity index is 1.89. The first kappa shape index (κ1) is 16.9. The number of aromatic nitrogens is 2. The van der Waals surface area contributed by atoms with Gasteiger partial charge < -0.3 is 9.42 Å². The highest BCUT2D eigenvalue weighted by atomic mass is 16.5. The number of carbonyl (C=O) groups is 1. The largest absolute Gasteiger partial charge is 0.336 e. The van der Waals surface area contributed by atoms with Crippen LogP contribution in [0.15, 0.2) is 16.8 Å². The molecule has 3 heterocycles. The number of carbonyl (C=O) groups excluding carboxylic acids is 1. The number of likely N-dealkylation sites (N-methyl/N-ethyl adjacent to an activating group) is 1. The third-order valence-corrected chi connectivity index (χ3v) is 4.93. The smallest absolute Gasteiger partial charge is 0.257 e. The molecule has 1 amide bonds. The van der Waals surface area contributed by atoms with Crippen LogP contribution < -0.4 is 0 Å². The molecular formula is C18H26N4O2. The summed E-state index contributed by atoms with van der Waals surface area (Å²) in [6, 6.07) is 2.44. The molecule has 0 aromatic carbocycles. The Labute approximate surface area is 142 Å². The van der Waals surface area contributed by atoms with E-state index in [2.05, 4.69) is 49.7 Å². The first-order valence-corrected chi connectivity index (χ1v) is 8.72. The van der Waals surface area contributed by atoms with Crippen LogP contribution in [0.1, 0.15) is 56.6 Å². The van der Waals surface area contributed by atoms with Crippen molar-refractivity contribution in [1.29, 1.82) is 0 Å². The van der Waals surface area contributed by atoms with Crippen molar-refractivity contribution in [2.45, 2.75) is 52.6 Å². The SMILES string of the molecule is CCN1C[C@H](C)N(C(=O)c2cnc3onc(C(C)C)c3c2)C[C@H]1C.